The molecule has 19 heteroatoms. The Labute approximate surface area is 562 Å². The Morgan fingerprint density at radius 2 is 0.522 bits per heavy atom. The number of aliphatic hydroxyl groups is 1. The number of esters is 4. The molecule has 546 valence electrons. The molecule has 0 rings (SSSR count). The average molecular weight is 1350 g/mol. The molecule has 0 aromatic heterocycles. The van der Waals surface area contributed by atoms with Crippen molar-refractivity contribution in [3.05, 3.63) is 0 Å². The number of hydrogen-bond donors (Lipinski definition) is 3. The van der Waals surface area contributed by atoms with E-state index in [0.717, 1.165) is 114 Å². The largest absolute Gasteiger partial charge is 0.472 e. The highest BCUT2D eigenvalue weighted by atomic mass is 31.2. The van der Waals surface area contributed by atoms with Gasteiger partial charge in [0.25, 0.3) is 0 Å². The van der Waals surface area contributed by atoms with Gasteiger partial charge in [0.05, 0.1) is 26.4 Å². The van der Waals surface area contributed by atoms with E-state index in [1.165, 1.54) is 161 Å². The quantitative estimate of drug-likeness (QED) is 0.0222. The molecule has 0 aliphatic heterocycles. The Morgan fingerprint density at radius 3 is 0.772 bits per heavy atom. The van der Waals surface area contributed by atoms with Crippen molar-refractivity contribution >= 4 is 39.5 Å². The SMILES string of the molecule is CCC(C)CCCCCCCCCCCCC(=O)OC[C@H](COP(=O)(O)OC[C@@H](O)COP(=O)(O)OC[C@@H](COC(=O)CCCCCCCCC(C)C)OC(=O)CCCCCCCCCCCCCCCCC(C)C)OC(=O)CCCCCCCCCCC(C)CC. The van der Waals surface area contributed by atoms with Crippen LogP contribution in [0.25, 0.3) is 0 Å². The van der Waals surface area contributed by atoms with Gasteiger partial charge in [-0.05, 0) is 49.4 Å². The van der Waals surface area contributed by atoms with Gasteiger partial charge in [0.1, 0.15) is 19.3 Å². The van der Waals surface area contributed by atoms with Crippen LogP contribution >= 0.6 is 15.6 Å². The van der Waals surface area contributed by atoms with Gasteiger partial charge < -0.3 is 33.8 Å². The maximum Gasteiger partial charge on any atom is 0.472 e. The van der Waals surface area contributed by atoms with Crippen LogP contribution in [0.2, 0.25) is 0 Å². The van der Waals surface area contributed by atoms with Crippen LogP contribution in [0.3, 0.4) is 0 Å². The molecule has 0 fully saturated rings. The van der Waals surface area contributed by atoms with Crippen molar-refractivity contribution in [3.63, 3.8) is 0 Å². The molecular formula is C73H142O17P2. The molecule has 0 saturated carbocycles. The summed E-state index contributed by atoms with van der Waals surface area (Å²) in [4.78, 5) is 72.7. The van der Waals surface area contributed by atoms with Gasteiger partial charge in [0.2, 0.25) is 0 Å². The smallest absolute Gasteiger partial charge is 0.462 e. The van der Waals surface area contributed by atoms with E-state index >= 15 is 0 Å². The van der Waals surface area contributed by atoms with Crippen molar-refractivity contribution in [1.82, 2.24) is 0 Å². The van der Waals surface area contributed by atoms with E-state index in [9.17, 15) is 43.2 Å². The third kappa shape index (κ3) is 64.1. The molecule has 0 spiro atoms. The highest BCUT2D eigenvalue weighted by molar-refractivity contribution is 7.47. The molecule has 3 N–H and O–H groups in total. The minimum atomic E-state index is -4.95. The number of phosphoric ester groups is 2. The standard InChI is InChI=1S/C73H142O17P2/c1-9-65(7)51-43-35-26-20-17-18-21-28-37-45-53-70(75)83-59-68(90-73(78)56-48-40-30-24-23-27-36-44-52-66(8)10-2)61-87-91(79,80)85-57-67(74)58-86-92(81,82)88-62-69(60-84-71(76)54-46-38-32-31-34-42-50-64(5)6)89-72(77)55-47-39-29-22-16-14-12-11-13-15-19-25-33-41-49-63(3)4/h63-69,74H,9-62H2,1-8H3,(H,79,80)(H,81,82)/t65?,66?,67-,68-,69-/m1/s1. The van der Waals surface area contributed by atoms with Crippen LogP contribution in [0.4, 0.5) is 0 Å². The van der Waals surface area contributed by atoms with Gasteiger partial charge in [-0.1, -0.05) is 312 Å². The molecule has 0 aromatic carbocycles. The zero-order valence-electron chi connectivity index (χ0n) is 60.2. The predicted molar refractivity (Wildman–Crippen MR) is 372 cm³/mol. The molecule has 0 saturated heterocycles. The van der Waals surface area contributed by atoms with Gasteiger partial charge in [-0.15, -0.1) is 0 Å². The van der Waals surface area contributed by atoms with Gasteiger partial charge >= 0.3 is 39.5 Å². The van der Waals surface area contributed by atoms with Crippen LogP contribution in [0.5, 0.6) is 0 Å². The second kappa shape index (κ2) is 62.6. The van der Waals surface area contributed by atoms with Crippen LogP contribution in [0.1, 0.15) is 364 Å². The Morgan fingerprint density at radius 1 is 0.304 bits per heavy atom. The van der Waals surface area contributed by atoms with Crippen LogP contribution in [0, 0.1) is 23.7 Å². The molecule has 0 aliphatic carbocycles. The van der Waals surface area contributed by atoms with E-state index in [4.69, 9.17) is 37.0 Å². The first kappa shape index (κ1) is 90.1. The summed E-state index contributed by atoms with van der Waals surface area (Å²) in [5.74, 6) is 0.926. The number of carbonyl (C=O) groups excluding carboxylic acids is 4. The summed E-state index contributed by atoms with van der Waals surface area (Å²) < 4.78 is 68.4. The van der Waals surface area contributed by atoms with E-state index in [1.54, 1.807) is 0 Å². The number of rotatable bonds is 70. The zero-order valence-corrected chi connectivity index (χ0v) is 62.0. The number of carbonyl (C=O) groups is 4. The van der Waals surface area contributed by atoms with Gasteiger partial charge in [0, 0.05) is 25.7 Å². The zero-order chi connectivity index (χ0) is 68.2. The predicted octanol–water partition coefficient (Wildman–Crippen LogP) is 20.9. The fourth-order valence-corrected chi connectivity index (χ4v) is 12.5. The molecule has 17 nitrogen and oxygen atoms in total. The highest BCUT2D eigenvalue weighted by Crippen LogP contribution is 2.45. The van der Waals surface area contributed by atoms with E-state index in [2.05, 4.69) is 55.4 Å². The number of unbranched alkanes of at least 4 members (excludes halogenated alkanes) is 34. The summed E-state index contributed by atoms with van der Waals surface area (Å²) in [6.07, 6.45) is 45.8. The fourth-order valence-electron chi connectivity index (χ4n) is 11.0. The Bertz CT molecular complexity index is 1820. The first-order valence-electron chi connectivity index (χ1n) is 37.8. The summed E-state index contributed by atoms with van der Waals surface area (Å²) in [6.45, 7) is 14.1. The molecule has 0 bridgehead atoms. The summed E-state index contributed by atoms with van der Waals surface area (Å²) in [6, 6.07) is 0. The number of aliphatic hydroxyl groups excluding tert-OH is 1. The second-order valence-corrected chi connectivity index (χ2v) is 30.7. The molecular weight excluding hydrogens is 1210 g/mol. The summed E-state index contributed by atoms with van der Waals surface area (Å²) in [7, 11) is -9.91. The monoisotopic (exact) mass is 1350 g/mol. The van der Waals surface area contributed by atoms with Crippen molar-refractivity contribution < 1.29 is 80.2 Å². The molecule has 0 aliphatic rings. The fraction of sp³-hybridized carbons (Fsp3) is 0.945. The topological polar surface area (TPSA) is 237 Å². The lowest BCUT2D eigenvalue weighted by atomic mass is 9.99. The van der Waals surface area contributed by atoms with Gasteiger partial charge in [-0.2, -0.15) is 0 Å². The third-order valence-corrected chi connectivity index (χ3v) is 19.4. The van der Waals surface area contributed by atoms with E-state index < -0.39 is 97.5 Å². The first-order valence-corrected chi connectivity index (χ1v) is 40.8. The minimum absolute atomic E-state index is 0.104. The van der Waals surface area contributed by atoms with E-state index in [-0.39, 0.29) is 25.7 Å². The third-order valence-electron chi connectivity index (χ3n) is 17.5. The number of ether oxygens (including phenoxy) is 4. The van der Waals surface area contributed by atoms with Crippen LogP contribution in [-0.4, -0.2) is 96.7 Å². The van der Waals surface area contributed by atoms with Crippen LogP contribution < -0.4 is 0 Å². The molecule has 7 atom stereocenters. The van der Waals surface area contributed by atoms with E-state index in [0.29, 0.717) is 31.6 Å². The molecule has 4 unspecified atom stereocenters. The van der Waals surface area contributed by atoms with Gasteiger partial charge in [0.15, 0.2) is 12.2 Å². The molecule has 0 heterocycles. The molecule has 92 heavy (non-hydrogen) atoms. The number of phosphoric acid groups is 2. The first-order chi connectivity index (χ1) is 44.2. The lowest BCUT2D eigenvalue weighted by Crippen LogP contribution is -2.30. The minimum Gasteiger partial charge on any atom is -0.462 e. The average Bonchev–Trinajstić information content (AvgIpc) is 2.47. The maximum absolute atomic E-state index is 13.0. The Balaban J connectivity index is 5.23. The van der Waals surface area contributed by atoms with Gasteiger partial charge in [-0.25, -0.2) is 9.13 Å². The van der Waals surface area contributed by atoms with Crippen LogP contribution in [0.15, 0.2) is 0 Å². The lowest BCUT2D eigenvalue weighted by Gasteiger charge is -2.21. The normalized spacial score (nSPS) is 14.8. The van der Waals surface area contributed by atoms with Crippen molar-refractivity contribution in [1.29, 1.82) is 0 Å². The maximum atomic E-state index is 13.0. The van der Waals surface area contributed by atoms with E-state index in [1.807, 2.05) is 0 Å². The van der Waals surface area contributed by atoms with Crippen LogP contribution in [-0.2, 0) is 65.4 Å². The van der Waals surface area contributed by atoms with Crippen molar-refractivity contribution in [2.45, 2.75) is 382 Å². The summed E-state index contributed by atoms with van der Waals surface area (Å²) >= 11 is 0. The van der Waals surface area contributed by atoms with Gasteiger partial charge in [-0.3, -0.25) is 37.3 Å². The molecule has 0 radical (unpaired) electrons. The van der Waals surface area contributed by atoms with Crippen molar-refractivity contribution in [3.8, 4) is 0 Å². The Kier molecular flexibility index (Phi) is 61.3. The van der Waals surface area contributed by atoms with Crippen molar-refractivity contribution in [2.75, 3.05) is 39.6 Å². The number of hydrogen-bond acceptors (Lipinski definition) is 15. The Hall–Kier alpha value is -1.94. The molecule has 0 aromatic rings. The summed E-state index contributed by atoms with van der Waals surface area (Å²) in [5.41, 5.74) is 0. The van der Waals surface area contributed by atoms with Crippen molar-refractivity contribution in [2.24, 2.45) is 23.7 Å². The second-order valence-electron chi connectivity index (χ2n) is 27.8. The lowest BCUT2D eigenvalue weighted by molar-refractivity contribution is -0.161. The summed E-state index contributed by atoms with van der Waals surface area (Å²) in [5, 5.41) is 10.6. The molecule has 0 amide bonds. The highest BCUT2D eigenvalue weighted by Gasteiger charge is 2.30.